The number of hydrogen-bond acceptors (Lipinski definition) is 5. The van der Waals surface area contributed by atoms with Crippen molar-refractivity contribution in [3.63, 3.8) is 0 Å². The highest BCUT2D eigenvalue weighted by molar-refractivity contribution is 5.63. The molecule has 106 valence electrons. The van der Waals surface area contributed by atoms with Gasteiger partial charge in [0, 0.05) is 31.3 Å². The lowest BCUT2D eigenvalue weighted by atomic mass is 10.0. The molecule has 0 fully saturated rings. The molecular formula is C15H19N3O2. The van der Waals surface area contributed by atoms with E-state index in [4.69, 9.17) is 9.26 Å². The lowest BCUT2D eigenvalue weighted by molar-refractivity contribution is 0.116. The van der Waals surface area contributed by atoms with Crippen LogP contribution in [0.15, 0.2) is 22.7 Å². The summed E-state index contributed by atoms with van der Waals surface area (Å²) in [5.41, 5.74) is 3.52. The topological polar surface area (TPSA) is 60.2 Å². The molecule has 1 unspecified atom stereocenters. The molecule has 0 saturated heterocycles. The zero-order chi connectivity index (χ0) is 13.9. The van der Waals surface area contributed by atoms with Gasteiger partial charge >= 0.3 is 0 Å². The van der Waals surface area contributed by atoms with Crippen molar-refractivity contribution < 1.29 is 9.26 Å². The zero-order valence-corrected chi connectivity index (χ0v) is 11.8. The van der Waals surface area contributed by atoms with E-state index in [0.29, 0.717) is 18.1 Å². The second-order valence-electron chi connectivity index (χ2n) is 5.17. The summed E-state index contributed by atoms with van der Waals surface area (Å²) in [5, 5.41) is 7.41. The van der Waals surface area contributed by atoms with Crippen molar-refractivity contribution >= 4 is 5.69 Å². The Balaban J connectivity index is 1.82. The number of hydrogen-bond donors (Lipinski definition) is 1. The summed E-state index contributed by atoms with van der Waals surface area (Å²) in [6, 6.07) is 6.25. The molecular weight excluding hydrogens is 254 g/mol. The van der Waals surface area contributed by atoms with E-state index < -0.39 is 0 Å². The molecule has 5 heteroatoms. The van der Waals surface area contributed by atoms with Crippen LogP contribution in [-0.4, -0.2) is 29.9 Å². The van der Waals surface area contributed by atoms with E-state index in [1.165, 1.54) is 11.3 Å². The SMILES string of the molecule is COC(C)Cc1noc(-c2ccc3c(c2)CCCN3)n1. The Labute approximate surface area is 118 Å². The van der Waals surface area contributed by atoms with Crippen molar-refractivity contribution in [1.29, 1.82) is 0 Å². The van der Waals surface area contributed by atoms with E-state index in [-0.39, 0.29) is 6.10 Å². The van der Waals surface area contributed by atoms with Gasteiger partial charge in [0.15, 0.2) is 5.82 Å². The maximum atomic E-state index is 5.35. The van der Waals surface area contributed by atoms with E-state index in [1.807, 2.05) is 13.0 Å². The van der Waals surface area contributed by atoms with Crippen LogP contribution in [-0.2, 0) is 17.6 Å². The summed E-state index contributed by atoms with van der Waals surface area (Å²) in [4.78, 5) is 4.44. The lowest BCUT2D eigenvalue weighted by Gasteiger charge is -2.17. The molecule has 1 aliphatic heterocycles. The average molecular weight is 273 g/mol. The number of nitrogens with one attached hydrogen (secondary N) is 1. The van der Waals surface area contributed by atoms with Crippen molar-refractivity contribution in [2.24, 2.45) is 0 Å². The first-order valence-corrected chi connectivity index (χ1v) is 6.99. The van der Waals surface area contributed by atoms with Crippen LogP contribution in [0.25, 0.3) is 11.5 Å². The summed E-state index contributed by atoms with van der Waals surface area (Å²) in [5.74, 6) is 1.27. The molecule has 0 saturated carbocycles. The number of aromatic nitrogens is 2. The number of nitrogens with zero attached hydrogens (tertiary/aromatic N) is 2. The highest BCUT2D eigenvalue weighted by Crippen LogP contribution is 2.27. The van der Waals surface area contributed by atoms with Crippen molar-refractivity contribution in [2.45, 2.75) is 32.3 Å². The van der Waals surface area contributed by atoms with Crippen LogP contribution >= 0.6 is 0 Å². The maximum absolute atomic E-state index is 5.35. The molecule has 1 N–H and O–H groups in total. The summed E-state index contributed by atoms with van der Waals surface area (Å²) >= 11 is 0. The van der Waals surface area contributed by atoms with Gasteiger partial charge in [0.2, 0.25) is 0 Å². The van der Waals surface area contributed by atoms with Gasteiger partial charge in [0.25, 0.3) is 5.89 Å². The van der Waals surface area contributed by atoms with Gasteiger partial charge in [-0.1, -0.05) is 5.16 Å². The number of rotatable bonds is 4. The molecule has 2 aromatic rings. The lowest BCUT2D eigenvalue weighted by Crippen LogP contribution is -2.11. The predicted molar refractivity (Wildman–Crippen MR) is 76.7 cm³/mol. The molecule has 1 atom stereocenters. The van der Waals surface area contributed by atoms with Gasteiger partial charge in [-0.3, -0.25) is 0 Å². The summed E-state index contributed by atoms with van der Waals surface area (Å²) < 4.78 is 10.6. The number of ether oxygens (including phenoxy) is 1. The molecule has 0 spiro atoms. The van der Waals surface area contributed by atoms with E-state index in [9.17, 15) is 0 Å². The van der Waals surface area contributed by atoms with Crippen LogP contribution in [0.5, 0.6) is 0 Å². The van der Waals surface area contributed by atoms with Gasteiger partial charge < -0.3 is 14.6 Å². The minimum Gasteiger partial charge on any atom is -0.385 e. The van der Waals surface area contributed by atoms with Crippen molar-refractivity contribution in [2.75, 3.05) is 19.0 Å². The largest absolute Gasteiger partial charge is 0.385 e. The predicted octanol–water partition coefficient (Wildman–Crippen LogP) is 2.67. The highest BCUT2D eigenvalue weighted by atomic mass is 16.5. The molecule has 0 aliphatic carbocycles. The van der Waals surface area contributed by atoms with Crippen LogP contribution in [0.4, 0.5) is 5.69 Å². The molecule has 0 bridgehead atoms. The zero-order valence-electron chi connectivity index (χ0n) is 11.8. The number of aryl methyl sites for hydroxylation is 1. The van der Waals surface area contributed by atoms with Crippen molar-refractivity contribution in [3.8, 4) is 11.5 Å². The van der Waals surface area contributed by atoms with Gasteiger partial charge in [-0.15, -0.1) is 0 Å². The molecule has 0 amide bonds. The third-order valence-electron chi connectivity index (χ3n) is 3.63. The fourth-order valence-electron chi connectivity index (χ4n) is 2.40. The first kappa shape index (κ1) is 13.1. The fraction of sp³-hybridized carbons (Fsp3) is 0.467. The first-order valence-electron chi connectivity index (χ1n) is 6.99. The summed E-state index contributed by atoms with van der Waals surface area (Å²) in [7, 11) is 1.68. The number of methoxy groups -OCH3 is 1. The monoisotopic (exact) mass is 273 g/mol. The smallest absolute Gasteiger partial charge is 0.257 e. The maximum Gasteiger partial charge on any atom is 0.257 e. The van der Waals surface area contributed by atoms with Gasteiger partial charge in [0.1, 0.15) is 0 Å². The number of benzene rings is 1. The Morgan fingerprint density at radius 3 is 3.20 bits per heavy atom. The molecule has 1 aliphatic rings. The second kappa shape index (κ2) is 5.63. The van der Waals surface area contributed by atoms with E-state index in [1.54, 1.807) is 7.11 Å². The second-order valence-corrected chi connectivity index (χ2v) is 5.17. The highest BCUT2D eigenvalue weighted by Gasteiger charge is 2.14. The van der Waals surface area contributed by atoms with E-state index in [2.05, 4.69) is 27.6 Å². The Morgan fingerprint density at radius 1 is 1.45 bits per heavy atom. The molecule has 1 aromatic carbocycles. The van der Waals surface area contributed by atoms with Crippen LogP contribution in [0.2, 0.25) is 0 Å². The molecule has 2 heterocycles. The molecule has 1 aromatic heterocycles. The minimum absolute atomic E-state index is 0.0909. The summed E-state index contributed by atoms with van der Waals surface area (Å²) in [6.07, 6.45) is 3.01. The normalized spacial score (nSPS) is 15.5. The van der Waals surface area contributed by atoms with Gasteiger partial charge in [-0.2, -0.15) is 4.98 Å². The molecule has 20 heavy (non-hydrogen) atoms. The minimum atomic E-state index is 0.0909. The van der Waals surface area contributed by atoms with Crippen molar-refractivity contribution in [1.82, 2.24) is 10.1 Å². The Hall–Kier alpha value is -1.88. The Morgan fingerprint density at radius 2 is 2.35 bits per heavy atom. The molecule has 0 radical (unpaired) electrons. The quantitative estimate of drug-likeness (QED) is 0.928. The Bertz CT molecular complexity index is 595. The van der Waals surface area contributed by atoms with Gasteiger partial charge in [-0.25, -0.2) is 0 Å². The van der Waals surface area contributed by atoms with Crippen LogP contribution < -0.4 is 5.32 Å². The number of anilines is 1. The van der Waals surface area contributed by atoms with E-state index >= 15 is 0 Å². The molecule has 5 nitrogen and oxygen atoms in total. The third-order valence-corrected chi connectivity index (χ3v) is 3.63. The summed E-state index contributed by atoms with van der Waals surface area (Å²) in [6.45, 7) is 3.03. The van der Waals surface area contributed by atoms with Gasteiger partial charge in [-0.05, 0) is 43.5 Å². The first-order chi connectivity index (χ1) is 9.76. The molecule has 3 rings (SSSR count). The third kappa shape index (κ3) is 2.67. The van der Waals surface area contributed by atoms with Crippen LogP contribution in [0.3, 0.4) is 0 Å². The standard InChI is InChI=1S/C15H19N3O2/c1-10(19-2)8-14-17-15(20-18-14)12-5-6-13-11(9-12)4-3-7-16-13/h5-6,9-10,16H,3-4,7-8H2,1-2H3. The average Bonchev–Trinajstić information content (AvgIpc) is 2.95. The van der Waals surface area contributed by atoms with Crippen LogP contribution in [0, 0.1) is 0 Å². The fourth-order valence-corrected chi connectivity index (χ4v) is 2.40. The number of fused-ring (bicyclic) bond motifs is 1. The van der Waals surface area contributed by atoms with Gasteiger partial charge in [0.05, 0.1) is 6.10 Å². The Kier molecular flexibility index (Phi) is 3.69. The van der Waals surface area contributed by atoms with Crippen LogP contribution in [0.1, 0.15) is 24.7 Å². The van der Waals surface area contributed by atoms with E-state index in [0.717, 1.165) is 24.9 Å². The van der Waals surface area contributed by atoms with Crippen molar-refractivity contribution in [3.05, 3.63) is 29.6 Å².